The molecule has 0 saturated carbocycles. The molecule has 1 aromatic heterocycles. The van der Waals surface area contributed by atoms with E-state index in [1.165, 1.54) is 12.1 Å². The van der Waals surface area contributed by atoms with Crippen LogP contribution in [0.3, 0.4) is 0 Å². The van der Waals surface area contributed by atoms with E-state index in [4.69, 9.17) is 13.9 Å². The first-order valence-electron chi connectivity index (χ1n) is 8.92. The van der Waals surface area contributed by atoms with Crippen molar-refractivity contribution in [2.75, 3.05) is 17.9 Å². The molecule has 0 unspecified atom stereocenters. The first kappa shape index (κ1) is 19.8. The van der Waals surface area contributed by atoms with Crippen LogP contribution in [0.25, 0.3) is 11.5 Å². The molecule has 9 nitrogen and oxygen atoms in total. The predicted octanol–water partition coefficient (Wildman–Crippen LogP) is 2.80. The fourth-order valence-electron chi connectivity index (χ4n) is 2.78. The Morgan fingerprint density at radius 2 is 1.83 bits per heavy atom. The number of hydrogen-bond donors (Lipinski definition) is 1. The van der Waals surface area contributed by atoms with E-state index in [0.717, 1.165) is 12.1 Å². The highest BCUT2D eigenvalue weighted by Gasteiger charge is 2.18. The minimum atomic E-state index is -3.60. The van der Waals surface area contributed by atoms with Crippen LogP contribution in [0.15, 0.2) is 51.8 Å². The number of amides is 1. The van der Waals surface area contributed by atoms with E-state index in [-0.39, 0.29) is 42.2 Å². The lowest BCUT2D eigenvalue weighted by molar-refractivity contribution is -0.116. The highest BCUT2D eigenvalue weighted by molar-refractivity contribution is 7.91. The molecule has 1 N–H and O–H groups in total. The summed E-state index contributed by atoms with van der Waals surface area (Å²) in [5, 5.41) is 10.1. The van der Waals surface area contributed by atoms with Crippen LogP contribution in [-0.4, -0.2) is 37.1 Å². The van der Waals surface area contributed by atoms with E-state index in [9.17, 15) is 17.6 Å². The molecule has 2 heterocycles. The van der Waals surface area contributed by atoms with Gasteiger partial charge in [0.05, 0.1) is 10.6 Å². The zero-order chi connectivity index (χ0) is 21.1. The van der Waals surface area contributed by atoms with Crippen LogP contribution in [0, 0.1) is 5.82 Å². The maximum Gasteiger partial charge on any atom is 0.322 e. The van der Waals surface area contributed by atoms with Crippen LogP contribution in [0.1, 0.15) is 12.8 Å². The quantitative estimate of drug-likeness (QED) is 0.565. The van der Waals surface area contributed by atoms with Gasteiger partial charge in [0, 0.05) is 12.0 Å². The molecule has 156 valence electrons. The third-order valence-electron chi connectivity index (χ3n) is 4.28. The van der Waals surface area contributed by atoms with E-state index >= 15 is 0 Å². The summed E-state index contributed by atoms with van der Waals surface area (Å²) in [6.07, 6.45) is 0.0108. The minimum Gasteiger partial charge on any atom is -0.454 e. The molecular formula is C19H16FN3O6S. The Morgan fingerprint density at radius 3 is 2.63 bits per heavy atom. The molecule has 0 radical (unpaired) electrons. The van der Waals surface area contributed by atoms with E-state index in [2.05, 4.69) is 15.5 Å². The van der Waals surface area contributed by atoms with Crippen LogP contribution in [-0.2, 0) is 14.6 Å². The van der Waals surface area contributed by atoms with Crippen LogP contribution in [0.4, 0.5) is 10.4 Å². The van der Waals surface area contributed by atoms with Gasteiger partial charge in [-0.2, -0.15) is 0 Å². The van der Waals surface area contributed by atoms with Crippen molar-refractivity contribution in [3.8, 4) is 23.0 Å². The van der Waals surface area contributed by atoms with E-state index < -0.39 is 21.6 Å². The van der Waals surface area contributed by atoms with E-state index in [1.807, 2.05) is 0 Å². The molecule has 2 aromatic carbocycles. The summed E-state index contributed by atoms with van der Waals surface area (Å²) in [6.45, 7) is 0.140. The van der Waals surface area contributed by atoms with Gasteiger partial charge in [-0.05, 0) is 48.9 Å². The Morgan fingerprint density at radius 1 is 1.07 bits per heavy atom. The van der Waals surface area contributed by atoms with Crippen molar-refractivity contribution in [1.29, 1.82) is 0 Å². The number of anilines is 1. The molecule has 0 spiro atoms. The second-order valence-corrected chi connectivity index (χ2v) is 8.51. The van der Waals surface area contributed by atoms with Crippen LogP contribution < -0.4 is 14.8 Å². The second-order valence-electron chi connectivity index (χ2n) is 6.40. The van der Waals surface area contributed by atoms with E-state index in [1.54, 1.807) is 18.2 Å². The normalized spacial score (nSPS) is 12.7. The number of fused-ring (bicyclic) bond motifs is 1. The Labute approximate surface area is 170 Å². The maximum absolute atomic E-state index is 12.9. The molecule has 0 bridgehead atoms. The number of sulfone groups is 1. The summed E-state index contributed by atoms with van der Waals surface area (Å²) in [7, 11) is -3.60. The predicted molar refractivity (Wildman–Crippen MR) is 102 cm³/mol. The van der Waals surface area contributed by atoms with Gasteiger partial charge in [-0.1, -0.05) is 5.10 Å². The number of hydrogen-bond acceptors (Lipinski definition) is 8. The van der Waals surface area contributed by atoms with Crippen molar-refractivity contribution in [3.63, 3.8) is 0 Å². The average Bonchev–Trinajstić information content (AvgIpc) is 3.36. The molecule has 11 heteroatoms. The standard InChI is InChI=1S/C19H16FN3O6S/c20-13-4-6-14(7-5-13)30(25,26)9-1-2-17(24)21-19-23-22-18(29-19)12-3-8-15-16(10-12)28-11-27-15/h3-8,10H,1-2,9,11H2,(H,21,23,24). The first-order chi connectivity index (χ1) is 14.4. The summed E-state index contributed by atoms with van der Waals surface area (Å²) in [5.41, 5.74) is 0.595. The van der Waals surface area contributed by atoms with E-state index in [0.29, 0.717) is 17.1 Å². The van der Waals surface area contributed by atoms with Crippen LogP contribution >= 0.6 is 0 Å². The molecule has 1 amide bonds. The number of nitrogens with one attached hydrogen (secondary N) is 1. The van der Waals surface area contributed by atoms with Crippen molar-refractivity contribution < 1.29 is 31.5 Å². The second kappa shape index (κ2) is 8.11. The van der Waals surface area contributed by atoms with Crippen LogP contribution in [0.2, 0.25) is 0 Å². The Kier molecular flexibility index (Phi) is 5.36. The molecule has 0 fully saturated rings. The van der Waals surface area contributed by atoms with Gasteiger partial charge >= 0.3 is 6.01 Å². The van der Waals surface area contributed by atoms with Gasteiger partial charge in [0.1, 0.15) is 5.82 Å². The third kappa shape index (κ3) is 4.40. The number of halogens is 1. The molecule has 30 heavy (non-hydrogen) atoms. The number of benzene rings is 2. The smallest absolute Gasteiger partial charge is 0.322 e. The SMILES string of the molecule is O=C(CCCS(=O)(=O)c1ccc(F)cc1)Nc1nnc(-c2ccc3c(c2)OCO3)o1. The fraction of sp³-hybridized carbons (Fsp3) is 0.211. The minimum absolute atomic E-state index is 0.00887. The Hall–Kier alpha value is -3.47. The third-order valence-corrected chi connectivity index (χ3v) is 6.10. The summed E-state index contributed by atoms with van der Waals surface area (Å²) < 4.78 is 53.3. The molecule has 1 aliphatic heterocycles. The first-order valence-corrected chi connectivity index (χ1v) is 10.6. The van der Waals surface area contributed by atoms with Gasteiger partial charge < -0.3 is 13.9 Å². The topological polar surface area (TPSA) is 121 Å². The number of aromatic nitrogens is 2. The molecule has 4 rings (SSSR count). The fourth-order valence-corrected chi connectivity index (χ4v) is 4.10. The maximum atomic E-state index is 12.9. The number of ether oxygens (including phenoxy) is 2. The number of carbonyl (C=O) groups excluding carboxylic acids is 1. The Bertz CT molecular complexity index is 1180. The molecular weight excluding hydrogens is 417 g/mol. The number of rotatable bonds is 7. The van der Waals surface area contributed by atoms with Gasteiger partial charge in [0.25, 0.3) is 0 Å². The van der Waals surface area contributed by atoms with Gasteiger partial charge in [0.15, 0.2) is 21.3 Å². The molecule has 0 atom stereocenters. The molecule has 1 aliphatic rings. The van der Waals surface area contributed by atoms with Crippen molar-refractivity contribution in [2.45, 2.75) is 17.7 Å². The monoisotopic (exact) mass is 433 g/mol. The highest BCUT2D eigenvalue weighted by atomic mass is 32.2. The summed E-state index contributed by atoms with van der Waals surface area (Å²) in [5.74, 6) is 0.111. The van der Waals surface area contributed by atoms with Gasteiger partial charge in [-0.15, -0.1) is 5.10 Å². The number of carbonyl (C=O) groups is 1. The van der Waals surface area contributed by atoms with Crippen molar-refractivity contribution in [1.82, 2.24) is 10.2 Å². The number of nitrogens with zero attached hydrogens (tertiary/aromatic N) is 2. The summed E-state index contributed by atoms with van der Waals surface area (Å²) in [4.78, 5) is 12.1. The van der Waals surface area contributed by atoms with Gasteiger partial charge in [-0.25, -0.2) is 12.8 Å². The summed E-state index contributed by atoms with van der Waals surface area (Å²) in [6, 6.07) is 9.55. The zero-order valence-corrected chi connectivity index (χ0v) is 16.3. The molecule has 0 aliphatic carbocycles. The van der Waals surface area contributed by atoms with Crippen molar-refractivity contribution in [3.05, 3.63) is 48.3 Å². The van der Waals surface area contributed by atoms with Gasteiger partial charge in [0.2, 0.25) is 18.6 Å². The summed E-state index contributed by atoms with van der Waals surface area (Å²) >= 11 is 0. The largest absolute Gasteiger partial charge is 0.454 e. The van der Waals surface area contributed by atoms with Crippen molar-refractivity contribution in [2.24, 2.45) is 0 Å². The average molecular weight is 433 g/mol. The zero-order valence-electron chi connectivity index (χ0n) is 15.5. The van der Waals surface area contributed by atoms with Crippen molar-refractivity contribution >= 4 is 21.8 Å². The lowest BCUT2D eigenvalue weighted by atomic mass is 10.2. The van der Waals surface area contributed by atoms with Gasteiger partial charge in [-0.3, -0.25) is 10.1 Å². The highest BCUT2D eigenvalue weighted by Crippen LogP contribution is 2.35. The molecule has 0 saturated heterocycles. The lowest BCUT2D eigenvalue weighted by Crippen LogP contribution is -2.14. The van der Waals surface area contributed by atoms with Crippen LogP contribution in [0.5, 0.6) is 11.5 Å². The Balaban J connectivity index is 1.31. The molecule has 3 aromatic rings. The lowest BCUT2D eigenvalue weighted by Gasteiger charge is -2.04.